The molecule has 0 unspecified atom stereocenters. The number of carbonyl (C=O) groups excluding carboxylic acids is 1. The Morgan fingerprint density at radius 3 is 2.15 bits per heavy atom. The molecule has 0 aromatic heterocycles. The van der Waals surface area contributed by atoms with E-state index in [1.165, 1.54) is 24.4 Å². The quantitative estimate of drug-likeness (QED) is 0.373. The Morgan fingerprint density at radius 2 is 1.53 bits per heavy atom. The van der Waals surface area contributed by atoms with Crippen molar-refractivity contribution in [2.24, 2.45) is 5.92 Å². The standard InChI is InChI=1S/C19H17BrN2O.C7H8O3S/c1-21-8-11-9-22(10-18(11)21)13-3-5-15-14-4-2-12(20)6-16(14)19(23)17(15)7-13;1-6-2-4-7(5-3-6)11(8,9)10/h2-7,11,18H,8-10H2,1H3;2-5H,1H3,(H,8,9,10)/t11-,18+;/m1./s1. The van der Waals surface area contributed by atoms with Gasteiger partial charge in [0.1, 0.15) is 0 Å². The van der Waals surface area contributed by atoms with Crippen molar-refractivity contribution in [2.75, 3.05) is 31.6 Å². The van der Waals surface area contributed by atoms with Crippen molar-refractivity contribution in [2.45, 2.75) is 17.9 Å². The fourth-order valence-corrected chi connectivity index (χ4v) is 5.90. The van der Waals surface area contributed by atoms with Crippen LogP contribution in [0.15, 0.2) is 70.0 Å². The number of fused-ring (bicyclic) bond motifs is 4. The minimum atomic E-state index is -4.02. The second-order valence-corrected chi connectivity index (χ2v) is 11.5. The highest BCUT2D eigenvalue weighted by Gasteiger charge is 2.43. The molecule has 6 nitrogen and oxygen atoms in total. The molecule has 0 amide bonds. The van der Waals surface area contributed by atoms with E-state index in [4.69, 9.17) is 4.55 Å². The van der Waals surface area contributed by atoms with Gasteiger partial charge in [0.2, 0.25) is 0 Å². The summed E-state index contributed by atoms with van der Waals surface area (Å²) in [6.45, 7) is 5.23. The molecule has 3 aromatic rings. The summed E-state index contributed by atoms with van der Waals surface area (Å²) in [5.41, 5.74) is 5.93. The highest BCUT2D eigenvalue weighted by molar-refractivity contribution is 9.10. The first-order valence-corrected chi connectivity index (χ1v) is 13.3. The molecule has 0 spiro atoms. The minimum absolute atomic E-state index is 0.0666. The van der Waals surface area contributed by atoms with Gasteiger partial charge in [-0.2, -0.15) is 8.42 Å². The van der Waals surface area contributed by atoms with Gasteiger partial charge in [-0.3, -0.25) is 9.35 Å². The molecule has 2 aliphatic heterocycles. The Kier molecular flexibility index (Phi) is 5.88. The molecule has 2 heterocycles. The molecule has 8 heteroatoms. The van der Waals surface area contributed by atoms with E-state index in [1.54, 1.807) is 12.1 Å². The van der Waals surface area contributed by atoms with Crippen molar-refractivity contribution >= 4 is 37.5 Å². The summed E-state index contributed by atoms with van der Waals surface area (Å²) in [5, 5.41) is 0. The summed E-state index contributed by atoms with van der Waals surface area (Å²) >= 11 is 3.47. The predicted octanol–water partition coefficient (Wildman–Crippen LogP) is 4.65. The molecule has 0 radical (unpaired) electrons. The van der Waals surface area contributed by atoms with Gasteiger partial charge in [0.15, 0.2) is 5.78 Å². The van der Waals surface area contributed by atoms with E-state index in [1.807, 2.05) is 25.1 Å². The van der Waals surface area contributed by atoms with Crippen molar-refractivity contribution in [3.05, 3.63) is 81.8 Å². The fraction of sp³-hybridized carbons (Fsp3) is 0.269. The SMILES string of the molecule is CN1C[C@@H]2CN(c3ccc4c(c3)C(=O)c3cc(Br)ccc3-4)C[C@@H]21.Cc1ccc(S(=O)(=O)O)cc1. The second-order valence-electron chi connectivity index (χ2n) is 9.21. The van der Waals surface area contributed by atoms with Crippen LogP contribution in [0.5, 0.6) is 0 Å². The number of rotatable bonds is 2. The van der Waals surface area contributed by atoms with Gasteiger partial charge < -0.3 is 9.80 Å². The van der Waals surface area contributed by atoms with Crippen LogP contribution in [-0.4, -0.2) is 56.4 Å². The lowest BCUT2D eigenvalue weighted by Gasteiger charge is -2.40. The van der Waals surface area contributed by atoms with Gasteiger partial charge in [-0.1, -0.05) is 45.8 Å². The van der Waals surface area contributed by atoms with Crippen LogP contribution in [0, 0.1) is 12.8 Å². The minimum Gasteiger partial charge on any atom is -0.370 e. The van der Waals surface area contributed by atoms with E-state index < -0.39 is 10.1 Å². The van der Waals surface area contributed by atoms with Gasteiger partial charge in [0.25, 0.3) is 10.1 Å². The molecule has 2 fully saturated rings. The van der Waals surface area contributed by atoms with Crippen LogP contribution in [0.1, 0.15) is 21.5 Å². The Morgan fingerprint density at radius 1 is 0.882 bits per heavy atom. The molecule has 176 valence electrons. The van der Waals surface area contributed by atoms with E-state index in [0.29, 0.717) is 6.04 Å². The highest BCUT2D eigenvalue weighted by Crippen LogP contribution is 2.41. The first-order chi connectivity index (χ1) is 16.1. The third-order valence-electron chi connectivity index (χ3n) is 6.94. The molecule has 1 N–H and O–H groups in total. The number of aryl methyl sites for hydroxylation is 1. The summed E-state index contributed by atoms with van der Waals surface area (Å²) in [6, 6.07) is 19.0. The van der Waals surface area contributed by atoms with Crippen LogP contribution >= 0.6 is 15.9 Å². The van der Waals surface area contributed by atoms with E-state index in [0.717, 1.165) is 51.3 Å². The number of likely N-dealkylation sites (N-methyl/N-ethyl adjacent to an activating group) is 1. The topological polar surface area (TPSA) is 77.9 Å². The summed E-state index contributed by atoms with van der Waals surface area (Å²) < 4.78 is 30.5. The molecule has 6 rings (SSSR count). The second kappa shape index (κ2) is 8.61. The Labute approximate surface area is 208 Å². The molecule has 34 heavy (non-hydrogen) atoms. The molecular formula is C26H25BrN2O4S. The lowest BCUT2D eigenvalue weighted by Crippen LogP contribution is -2.52. The average molecular weight is 541 g/mol. The summed E-state index contributed by atoms with van der Waals surface area (Å²) in [4.78, 5) is 17.5. The number of ketones is 1. The molecule has 2 saturated heterocycles. The molecule has 2 atom stereocenters. The maximum absolute atomic E-state index is 12.8. The molecule has 0 bridgehead atoms. The number of hydrogen-bond donors (Lipinski definition) is 1. The third-order valence-corrected chi connectivity index (χ3v) is 8.30. The average Bonchev–Trinajstić information content (AvgIpc) is 3.28. The van der Waals surface area contributed by atoms with Gasteiger partial charge in [-0.25, -0.2) is 0 Å². The van der Waals surface area contributed by atoms with Crippen LogP contribution in [0.4, 0.5) is 5.69 Å². The monoisotopic (exact) mass is 540 g/mol. The maximum atomic E-state index is 12.8. The normalized spacial score (nSPS) is 20.7. The van der Waals surface area contributed by atoms with E-state index in [-0.39, 0.29) is 10.7 Å². The maximum Gasteiger partial charge on any atom is 0.294 e. The van der Waals surface area contributed by atoms with Crippen LogP contribution in [-0.2, 0) is 10.1 Å². The first kappa shape index (κ1) is 23.2. The van der Waals surface area contributed by atoms with Crippen LogP contribution in [0.25, 0.3) is 11.1 Å². The van der Waals surface area contributed by atoms with Crippen molar-refractivity contribution in [1.29, 1.82) is 0 Å². The molecular weight excluding hydrogens is 516 g/mol. The highest BCUT2D eigenvalue weighted by atomic mass is 79.9. The summed E-state index contributed by atoms with van der Waals surface area (Å²) in [6.07, 6.45) is 0. The number of halogens is 1. The van der Waals surface area contributed by atoms with Gasteiger partial charge in [0.05, 0.1) is 4.90 Å². The molecule has 3 aromatic carbocycles. The van der Waals surface area contributed by atoms with Gasteiger partial charge in [-0.15, -0.1) is 0 Å². The largest absolute Gasteiger partial charge is 0.370 e. The van der Waals surface area contributed by atoms with E-state index in [9.17, 15) is 13.2 Å². The van der Waals surface area contributed by atoms with Crippen molar-refractivity contribution in [3.63, 3.8) is 0 Å². The zero-order valence-corrected chi connectivity index (χ0v) is 21.3. The number of anilines is 1. The predicted molar refractivity (Wildman–Crippen MR) is 136 cm³/mol. The first-order valence-electron chi connectivity index (χ1n) is 11.1. The lowest BCUT2D eigenvalue weighted by molar-refractivity contribution is 0.0827. The van der Waals surface area contributed by atoms with Crippen LogP contribution in [0.2, 0.25) is 0 Å². The summed E-state index contributed by atoms with van der Waals surface area (Å²) in [7, 11) is -1.82. The molecule has 0 saturated carbocycles. The van der Waals surface area contributed by atoms with Crippen LogP contribution in [0.3, 0.4) is 0 Å². The van der Waals surface area contributed by atoms with E-state index in [2.05, 4.69) is 51.0 Å². The van der Waals surface area contributed by atoms with Crippen molar-refractivity contribution in [3.8, 4) is 11.1 Å². The lowest BCUT2D eigenvalue weighted by atomic mass is 9.93. The van der Waals surface area contributed by atoms with Crippen LogP contribution < -0.4 is 4.90 Å². The Bertz CT molecular complexity index is 1390. The molecule has 1 aliphatic carbocycles. The van der Waals surface area contributed by atoms with Gasteiger partial charge in [0, 0.05) is 52.9 Å². The Hall–Kier alpha value is -2.52. The zero-order valence-electron chi connectivity index (χ0n) is 18.9. The molecule has 3 aliphatic rings. The third kappa shape index (κ3) is 4.20. The number of nitrogens with zero attached hydrogens (tertiary/aromatic N) is 2. The van der Waals surface area contributed by atoms with Crippen molar-refractivity contribution in [1.82, 2.24) is 4.90 Å². The van der Waals surface area contributed by atoms with Crippen molar-refractivity contribution < 1.29 is 17.8 Å². The van der Waals surface area contributed by atoms with E-state index >= 15 is 0 Å². The number of carbonyl (C=O) groups is 1. The number of likely N-dealkylation sites (tertiary alicyclic amines) is 1. The smallest absolute Gasteiger partial charge is 0.294 e. The zero-order chi connectivity index (χ0) is 24.2. The Balaban J connectivity index is 0.000000186. The van der Waals surface area contributed by atoms with Gasteiger partial charge >= 0.3 is 0 Å². The number of benzene rings is 3. The fourth-order valence-electron chi connectivity index (χ4n) is 5.06. The number of hydrogen-bond acceptors (Lipinski definition) is 5. The van der Waals surface area contributed by atoms with Gasteiger partial charge in [-0.05, 0) is 61.5 Å². The summed E-state index contributed by atoms with van der Waals surface area (Å²) in [5.74, 6) is 0.939.